The van der Waals surface area contributed by atoms with Crippen molar-refractivity contribution in [3.63, 3.8) is 0 Å². The van der Waals surface area contributed by atoms with Crippen molar-refractivity contribution in [3.8, 4) is 0 Å². The van der Waals surface area contributed by atoms with Crippen molar-refractivity contribution in [1.82, 2.24) is 19.5 Å². The van der Waals surface area contributed by atoms with Crippen molar-refractivity contribution in [3.05, 3.63) is 12.7 Å². The van der Waals surface area contributed by atoms with E-state index in [0.717, 1.165) is 0 Å². The lowest BCUT2D eigenvalue weighted by molar-refractivity contribution is -0.144. The van der Waals surface area contributed by atoms with Crippen LogP contribution in [0.15, 0.2) is 12.7 Å². The number of fused-ring (bicyclic) bond motifs is 1. The average Bonchev–Trinajstić information content (AvgIpc) is 3.22. The van der Waals surface area contributed by atoms with E-state index in [1.165, 1.54) is 29.0 Å². The molecule has 0 unspecified atom stereocenters. The molecule has 3 rings (SSSR count). The monoisotopic (exact) mass is 412 g/mol. The number of carbonyl (C=O) groups excluding carboxylic acids is 1. The number of aliphatic hydroxyl groups is 2. The molecule has 0 radical (unpaired) electrons. The number of hydrogen-bond donors (Lipinski definition) is 4. The van der Waals surface area contributed by atoms with E-state index in [2.05, 4.69) is 15.0 Å². The number of nitrogens with zero attached hydrogens (tertiary/aromatic N) is 4. The van der Waals surface area contributed by atoms with Crippen LogP contribution < -0.4 is 11.5 Å². The highest BCUT2D eigenvalue weighted by atomic mass is 32.2. The fourth-order valence-corrected chi connectivity index (χ4v) is 4.03. The van der Waals surface area contributed by atoms with Crippen molar-refractivity contribution in [2.24, 2.45) is 5.73 Å². The van der Waals surface area contributed by atoms with Gasteiger partial charge >= 0.3 is 5.97 Å². The van der Waals surface area contributed by atoms with Gasteiger partial charge in [0.2, 0.25) is 0 Å². The van der Waals surface area contributed by atoms with Gasteiger partial charge in [0.25, 0.3) is 0 Å². The molecule has 0 aliphatic carbocycles. The number of nitrogen functional groups attached to an aromatic ring is 1. The molecule has 0 spiro atoms. The number of carbonyl (C=O) groups is 1. The first-order valence-electron chi connectivity index (χ1n) is 8.88. The molecule has 6 N–H and O–H groups in total. The van der Waals surface area contributed by atoms with Crippen LogP contribution in [0.25, 0.3) is 11.2 Å². The van der Waals surface area contributed by atoms with Gasteiger partial charge in [0, 0.05) is 5.75 Å². The summed E-state index contributed by atoms with van der Waals surface area (Å²) in [4.78, 5) is 23.7. The Morgan fingerprint density at radius 1 is 1.39 bits per heavy atom. The number of rotatable bonds is 8. The maximum atomic E-state index is 11.5. The zero-order valence-electron chi connectivity index (χ0n) is 15.3. The van der Waals surface area contributed by atoms with Crippen molar-refractivity contribution < 1.29 is 24.5 Å². The Labute approximate surface area is 165 Å². The van der Waals surface area contributed by atoms with Crippen LogP contribution in [0.1, 0.15) is 19.6 Å². The molecule has 0 saturated carbocycles. The molecule has 1 aliphatic rings. The number of imidazole rings is 1. The van der Waals surface area contributed by atoms with Crippen LogP contribution in [0.4, 0.5) is 5.82 Å². The molecule has 1 saturated heterocycles. The highest BCUT2D eigenvalue weighted by Crippen LogP contribution is 2.33. The maximum absolute atomic E-state index is 11.5. The summed E-state index contributed by atoms with van der Waals surface area (Å²) in [5.41, 5.74) is 12.3. The molecule has 2 aromatic heterocycles. The van der Waals surface area contributed by atoms with Gasteiger partial charge in [-0.25, -0.2) is 15.0 Å². The average molecular weight is 412 g/mol. The highest BCUT2D eigenvalue weighted by molar-refractivity contribution is 7.99. The molecule has 0 bridgehead atoms. The Morgan fingerprint density at radius 2 is 2.18 bits per heavy atom. The summed E-state index contributed by atoms with van der Waals surface area (Å²) < 4.78 is 12.2. The molecule has 2 aromatic rings. The normalized spacial score (nSPS) is 25.9. The lowest BCUT2D eigenvalue weighted by atomic mass is 10.1. The standard InChI is InChI=1S/C16H24N6O5S/c1-2-26-16(25)8(17)3-4-28-5-9-11(23)12(24)15(27-9)22-7-21-10-13(18)19-6-20-14(10)22/h6-9,11-12,15,23-24H,2-5,17H2,1H3,(H2,18,19,20)/t8-,9+,11+,12+,15+/m0/s1. The summed E-state index contributed by atoms with van der Waals surface area (Å²) in [5.74, 6) is 0.810. The molecule has 154 valence electrons. The Hall–Kier alpha value is -1.99. The first-order chi connectivity index (χ1) is 13.4. The number of hydrogen-bond acceptors (Lipinski definition) is 11. The van der Waals surface area contributed by atoms with Gasteiger partial charge in [-0.05, 0) is 19.1 Å². The summed E-state index contributed by atoms with van der Waals surface area (Å²) in [5, 5.41) is 20.8. The topological polar surface area (TPSA) is 172 Å². The number of aromatic nitrogens is 4. The summed E-state index contributed by atoms with van der Waals surface area (Å²) >= 11 is 1.47. The second kappa shape index (κ2) is 9.01. The zero-order chi connectivity index (χ0) is 20.3. The van der Waals surface area contributed by atoms with Crippen molar-refractivity contribution in [1.29, 1.82) is 0 Å². The largest absolute Gasteiger partial charge is 0.465 e. The van der Waals surface area contributed by atoms with E-state index < -0.39 is 36.6 Å². The Balaban J connectivity index is 1.57. The molecule has 12 heteroatoms. The highest BCUT2D eigenvalue weighted by Gasteiger charge is 2.44. The molecule has 0 amide bonds. The number of ether oxygens (including phenoxy) is 2. The molecule has 5 atom stereocenters. The summed E-state index contributed by atoms with van der Waals surface area (Å²) in [6, 6.07) is -0.678. The SMILES string of the molecule is CCOC(=O)[C@@H](N)CCSC[C@H]1O[C@@H](n2cnc3c(N)ncnc32)[C@H](O)[C@@H]1O. The van der Waals surface area contributed by atoms with Gasteiger partial charge in [-0.3, -0.25) is 9.36 Å². The number of esters is 1. The van der Waals surface area contributed by atoms with E-state index in [-0.39, 0.29) is 5.82 Å². The van der Waals surface area contributed by atoms with Crippen LogP contribution in [-0.2, 0) is 14.3 Å². The molecular weight excluding hydrogens is 388 g/mol. The third-order valence-electron chi connectivity index (χ3n) is 4.44. The third-order valence-corrected chi connectivity index (χ3v) is 5.53. The first-order valence-corrected chi connectivity index (χ1v) is 10.0. The van der Waals surface area contributed by atoms with E-state index in [0.29, 0.717) is 35.7 Å². The minimum atomic E-state index is -1.15. The zero-order valence-corrected chi connectivity index (χ0v) is 16.2. The van der Waals surface area contributed by atoms with Gasteiger partial charge in [-0.15, -0.1) is 0 Å². The molecule has 28 heavy (non-hydrogen) atoms. The summed E-state index contributed by atoms with van der Waals surface area (Å²) in [6.07, 6.45) is -0.477. The molecule has 3 heterocycles. The third kappa shape index (κ3) is 4.20. The van der Waals surface area contributed by atoms with Crippen LogP contribution >= 0.6 is 11.8 Å². The summed E-state index contributed by atoms with van der Waals surface area (Å²) in [6.45, 7) is 2.02. The predicted molar refractivity (Wildman–Crippen MR) is 102 cm³/mol. The van der Waals surface area contributed by atoms with Gasteiger partial charge in [-0.1, -0.05) is 0 Å². The van der Waals surface area contributed by atoms with E-state index in [4.69, 9.17) is 20.9 Å². The van der Waals surface area contributed by atoms with Crippen molar-refractivity contribution in [2.75, 3.05) is 23.8 Å². The van der Waals surface area contributed by atoms with Gasteiger partial charge in [0.1, 0.15) is 30.1 Å². The van der Waals surface area contributed by atoms with Crippen molar-refractivity contribution in [2.45, 2.75) is 43.9 Å². The van der Waals surface area contributed by atoms with Crippen LogP contribution in [-0.4, -0.2) is 78.2 Å². The van der Waals surface area contributed by atoms with Gasteiger partial charge in [0.15, 0.2) is 17.7 Å². The van der Waals surface area contributed by atoms with Gasteiger partial charge in [0.05, 0.1) is 19.0 Å². The molecule has 1 fully saturated rings. The van der Waals surface area contributed by atoms with E-state index in [1.807, 2.05) is 0 Å². The number of nitrogens with two attached hydrogens (primary N) is 2. The smallest absolute Gasteiger partial charge is 0.322 e. The Kier molecular flexibility index (Phi) is 6.67. The Morgan fingerprint density at radius 3 is 2.93 bits per heavy atom. The lowest BCUT2D eigenvalue weighted by Gasteiger charge is -2.16. The molecule has 1 aliphatic heterocycles. The Bertz CT molecular complexity index is 820. The first kappa shape index (κ1) is 20.7. The molecule has 0 aromatic carbocycles. The van der Waals surface area contributed by atoms with Gasteiger partial charge < -0.3 is 31.2 Å². The van der Waals surface area contributed by atoms with Crippen LogP contribution in [0.2, 0.25) is 0 Å². The number of anilines is 1. The number of thioether (sulfide) groups is 1. The van der Waals surface area contributed by atoms with E-state index >= 15 is 0 Å². The van der Waals surface area contributed by atoms with E-state index in [9.17, 15) is 15.0 Å². The molecule has 11 nitrogen and oxygen atoms in total. The maximum Gasteiger partial charge on any atom is 0.322 e. The van der Waals surface area contributed by atoms with Gasteiger partial charge in [-0.2, -0.15) is 11.8 Å². The second-order valence-corrected chi connectivity index (χ2v) is 7.50. The quantitative estimate of drug-likeness (QED) is 0.311. The lowest BCUT2D eigenvalue weighted by Crippen LogP contribution is -2.34. The van der Waals surface area contributed by atoms with Crippen LogP contribution in [0.5, 0.6) is 0 Å². The summed E-state index contributed by atoms with van der Waals surface area (Å²) in [7, 11) is 0. The minimum absolute atomic E-state index is 0.224. The minimum Gasteiger partial charge on any atom is -0.465 e. The molecular formula is C16H24N6O5S. The fourth-order valence-electron chi connectivity index (χ4n) is 2.93. The fraction of sp³-hybridized carbons (Fsp3) is 0.625. The van der Waals surface area contributed by atoms with Crippen molar-refractivity contribution >= 4 is 34.7 Å². The van der Waals surface area contributed by atoms with Crippen LogP contribution in [0, 0.1) is 0 Å². The number of aliphatic hydroxyl groups excluding tert-OH is 2. The predicted octanol–water partition coefficient (Wildman–Crippen LogP) is -0.959. The van der Waals surface area contributed by atoms with E-state index in [1.54, 1.807) is 6.92 Å². The second-order valence-electron chi connectivity index (χ2n) is 6.35. The van der Waals surface area contributed by atoms with Crippen LogP contribution in [0.3, 0.4) is 0 Å².